The highest BCUT2D eigenvalue weighted by molar-refractivity contribution is 5.89. The van der Waals surface area contributed by atoms with Crippen molar-refractivity contribution in [2.24, 2.45) is 0 Å². The van der Waals surface area contributed by atoms with Crippen LogP contribution in [0.15, 0.2) is 67.3 Å². The summed E-state index contributed by atoms with van der Waals surface area (Å²) in [7, 11) is 2.02. The average molecular weight is 363 g/mol. The van der Waals surface area contributed by atoms with Crippen molar-refractivity contribution in [3.63, 3.8) is 0 Å². The molecule has 140 valence electrons. The van der Waals surface area contributed by atoms with Crippen LogP contribution in [0.5, 0.6) is 0 Å². The van der Waals surface area contributed by atoms with E-state index in [1.807, 2.05) is 60.3 Å². The highest BCUT2D eigenvalue weighted by Crippen LogP contribution is 2.18. The van der Waals surface area contributed by atoms with Gasteiger partial charge in [-0.1, -0.05) is 30.3 Å². The minimum Gasteiger partial charge on any atom is -0.375 e. The number of hydrogen-bond donors (Lipinski definition) is 2. The third-order valence-corrected chi connectivity index (χ3v) is 4.49. The van der Waals surface area contributed by atoms with Crippen molar-refractivity contribution < 1.29 is 4.79 Å². The van der Waals surface area contributed by atoms with Crippen LogP contribution in [0.3, 0.4) is 0 Å². The van der Waals surface area contributed by atoms with E-state index in [0.29, 0.717) is 6.54 Å². The van der Waals surface area contributed by atoms with Gasteiger partial charge in [-0.05, 0) is 36.2 Å². The van der Waals surface area contributed by atoms with E-state index >= 15 is 0 Å². The summed E-state index contributed by atoms with van der Waals surface area (Å²) in [6.45, 7) is 4.19. The molecule has 0 atom stereocenters. The molecule has 6 heteroatoms. The fraction of sp³-hybridized carbons (Fsp3) is 0.238. The van der Waals surface area contributed by atoms with E-state index in [1.54, 1.807) is 12.5 Å². The Labute approximate surface area is 159 Å². The van der Waals surface area contributed by atoms with Gasteiger partial charge in [0, 0.05) is 50.5 Å². The molecule has 2 N–H and O–H groups in total. The van der Waals surface area contributed by atoms with Crippen molar-refractivity contribution in [2.75, 3.05) is 23.8 Å². The standard InChI is InChI=1S/C21H25N5O/c1-3-25(2)20-10-6-9-19(13-20)24-21(27)23-14-17-7-4-5-8-18(17)15-26-12-11-22-16-26/h4-13,16H,3,14-15H2,1-2H3,(H2,23,24,27). The van der Waals surface area contributed by atoms with E-state index in [-0.39, 0.29) is 6.03 Å². The molecule has 0 fully saturated rings. The Morgan fingerprint density at radius 3 is 2.70 bits per heavy atom. The van der Waals surface area contributed by atoms with Crippen LogP contribution in [0.2, 0.25) is 0 Å². The number of hydrogen-bond acceptors (Lipinski definition) is 3. The average Bonchev–Trinajstić information content (AvgIpc) is 3.20. The molecule has 0 aliphatic carbocycles. The number of urea groups is 1. The molecule has 0 radical (unpaired) electrons. The fourth-order valence-electron chi connectivity index (χ4n) is 2.82. The summed E-state index contributed by atoms with van der Waals surface area (Å²) in [6, 6.07) is 15.7. The summed E-state index contributed by atoms with van der Waals surface area (Å²) < 4.78 is 2.01. The predicted octanol–water partition coefficient (Wildman–Crippen LogP) is 3.71. The van der Waals surface area contributed by atoms with Gasteiger partial charge in [-0.2, -0.15) is 0 Å². The molecule has 6 nitrogen and oxygen atoms in total. The van der Waals surface area contributed by atoms with Gasteiger partial charge in [0.1, 0.15) is 0 Å². The number of nitrogens with one attached hydrogen (secondary N) is 2. The molecule has 3 rings (SSSR count). The Balaban J connectivity index is 1.60. The Morgan fingerprint density at radius 2 is 1.96 bits per heavy atom. The summed E-state index contributed by atoms with van der Waals surface area (Å²) >= 11 is 0. The maximum atomic E-state index is 12.3. The summed E-state index contributed by atoms with van der Waals surface area (Å²) in [5.41, 5.74) is 4.08. The van der Waals surface area contributed by atoms with Crippen LogP contribution in [-0.4, -0.2) is 29.2 Å². The predicted molar refractivity (Wildman–Crippen MR) is 109 cm³/mol. The van der Waals surface area contributed by atoms with Gasteiger partial charge in [-0.25, -0.2) is 9.78 Å². The molecule has 0 spiro atoms. The van der Waals surface area contributed by atoms with Crippen molar-refractivity contribution in [3.05, 3.63) is 78.4 Å². The fourth-order valence-corrected chi connectivity index (χ4v) is 2.82. The first kappa shape index (κ1) is 18.5. The number of nitrogens with zero attached hydrogens (tertiary/aromatic N) is 3. The molecule has 2 aromatic carbocycles. The molecule has 0 saturated heterocycles. The van der Waals surface area contributed by atoms with Crippen LogP contribution in [0.1, 0.15) is 18.1 Å². The summed E-state index contributed by atoms with van der Waals surface area (Å²) in [4.78, 5) is 18.5. The Morgan fingerprint density at radius 1 is 1.15 bits per heavy atom. The van der Waals surface area contributed by atoms with Crippen LogP contribution in [-0.2, 0) is 13.1 Å². The van der Waals surface area contributed by atoms with Crippen molar-refractivity contribution in [3.8, 4) is 0 Å². The Bertz CT molecular complexity index is 876. The van der Waals surface area contributed by atoms with Gasteiger partial charge in [0.25, 0.3) is 0 Å². The number of rotatable bonds is 7. The van der Waals surface area contributed by atoms with Crippen LogP contribution in [0, 0.1) is 0 Å². The van der Waals surface area contributed by atoms with E-state index in [4.69, 9.17) is 0 Å². The molecular formula is C21H25N5O. The lowest BCUT2D eigenvalue weighted by Gasteiger charge is -2.18. The van der Waals surface area contributed by atoms with Crippen molar-refractivity contribution in [1.82, 2.24) is 14.9 Å². The summed E-state index contributed by atoms with van der Waals surface area (Å²) in [6.07, 6.45) is 5.48. The third kappa shape index (κ3) is 5.10. The van der Waals surface area contributed by atoms with E-state index in [9.17, 15) is 4.79 Å². The van der Waals surface area contributed by atoms with Crippen LogP contribution < -0.4 is 15.5 Å². The lowest BCUT2D eigenvalue weighted by molar-refractivity contribution is 0.251. The lowest BCUT2D eigenvalue weighted by atomic mass is 10.1. The van der Waals surface area contributed by atoms with Gasteiger partial charge in [0.05, 0.1) is 6.33 Å². The molecule has 0 aliphatic heterocycles. The normalized spacial score (nSPS) is 10.4. The van der Waals surface area contributed by atoms with Crippen molar-refractivity contribution in [2.45, 2.75) is 20.0 Å². The molecule has 3 aromatic rings. The van der Waals surface area contributed by atoms with Crippen LogP contribution in [0.25, 0.3) is 0 Å². The Hall–Kier alpha value is -3.28. The first-order valence-electron chi connectivity index (χ1n) is 9.04. The zero-order valence-corrected chi connectivity index (χ0v) is 15.7. The molecule has 1 aromatic heterocycles. The number of carbonyl (C=O) groups excluding carboxylic acids is 1. The molecule has 27 heavy (non-hydrogen) atoms. The van der Waals surface area contributed by atoms with E-state index in [1.165, 1.54) is 0 Å². The van der Waals surface area contributed by atoms with E-state index in [0.717, 1.165) is 35.6 Å². The molecule has 2 amide bonds. The number of aromatic nitrogens is 2. The number of anilines is 2. The smallest absolute Gasteiger partial charge is 0.319 e. The monoisotopic (exact) mass is 363 g/mol. The van der Waals surface area contributed by atoms with Gasteiger partial charge < -0.3 is 20.1 Å². The van der Waals surface area contributed by atoms with E-state index < -0.39 is 0 Å². The second-order valence-corrected chi connectivity index (χ2v) is 6.38. The second-order valence-electron chi connectivity index (χ2n) is 6.38. The number of imidazole rings is 1. The highest BCUT2D eigenvalue weighted by atomic mass is 16.2. The molecule has 1 heterocycles. The van der Waals surface area contributed by atoms with Crippen LogP contribution >= 0.6 is 0 Å². The highest BCUT2D eigenvalue weighted by Gasteiger charge is 2.07. The van der Waals surface area contributed by atoms with Crippen LogP contribution in [0.4, 0.5) is 16.2 Å². The summed E-state index contributed by atoms with van der Waals surface area (Å²) in [5, 5.41) is 5.85. The first-order chi connectivity index (χ1) is 13.2. The first-order valence-corrected chi connectivity index (χ1v) is 9.04. The van der Waals surface area contributed by atoms with Gasteiger partial charge in [-0.15, -0.1) is 0 Å². The molecule has 0 unspecified atom stereocenters. The van der Waals surface area contributed by atoms with Gasteiger partial charge in [0.15, 0.2) is 0 Å². The zero-order chi connectivity index (χ0) is 19.1. The maximum Gasteiger partial charge on any atom is 0.319 e. The maximum absolute atomic E-state index is 12.3. The number of amides is 2. The molecule has 0 bridgehead atoms. The topological polar surface area (TPSA) is 62.2 Å². The van der Waals surface area contributed by atoms with Gasteiger partial charge in [0.2, 0.25) is 0 Å². The third-order valence-electron chi connectivity index (χ3n) is 4.49. The number of benzene rings is 2. The minimum atomic E-state index is -0.219. The Kier molecular flexibility index (Phi) is 6.10. The molecular weight excluding hydrogens is 338 g/mol. The quantitative estimate of drug-likeness (QED) is 0.673. The van der Waals surface area contributed by atoms with Gasteiger partial charge >= 0.3 is 6.03 Å². The summed E-state index contributed by atoms with van der Waals surface area (Å²) in [5.74, 6) is 0. The van der Waals surface area contributed by atoms with E-state index in [2.05, 4.69) is 33.5 Å². The number of carbonyl (C=O) groups is 1. The van der Waals surface area contributed by atoms with Crippen molar-refractivity contribution in [1.29, 1.82) is 0 Å². The SMILES string of the molecule is CCN(C)c1cccc(NC(=O)NCc2ccccc2Cn2ccnc2)c1. The molecule has 0 saturated carbocycles. The minimum absolute atomic E-state index is 0.219. The zero-order valence-electron chi connectivity index (χ0n) is 15.7. The van der Waals surface area contributed by atoms with Crippen molar-refractivity contribution >= 4 is 17.4 Å². The molecule has 0 aliphatic rings. The van der Waals surface area contributed by atoms with Gasteiger partial charge in [-0.3, -0.25) is 0 Å². The largest absolute Gasteiger partial charge is 0.375 e. The second kappa shape index (κ2) is 8.89. The lowest BCUT2D eigenvalue weighted by Crippen LogP contribution is -2.28.